The zero-order valence-corrected chi connectivity index (χ0v) is 17.0. The topological polar surface area (TPSA) is 46.5 Å². The first-order chi connectivity index (χ1) is 10.9. The van der Waals surface area contributed by atoms with E-state index in [0.717, 1.165) is 22.3 Å². The average molecular weight is 345 g/mol. The van der Waals surface area contributed by atoms with Crippen molar-refractivity contribution in [1.82, 2.24) is 0 Å². The summed E-state index contributed by atoms with van der Waals surface area (Å²) in [5.74, 6) is 0. The number of hydrogen-bond donors (Lipinski definition) is 1. The molecule has 0 unspecified atom stereocenters. The predicted molar refractivity (Wildman–Crippen MR) is 105 cm³/mol. The van der Waals surface area contributed by atoms with Crippen LogP contribution >= 0.6 is 11.8 Å². The molecule has 0 aromatic heterocycles. The number of hydrogen-bond acceptors (Lipinski definition) is 4. The highest BCUT2D eigenvalue weighted by molar-refractivity contribution is 8.03. The molecular weight excluding hydrogens is 308 g/mol. The Morgan fingerprint density at radius 2 is 1.70 bits per heavy atom. The Hall–Kier alpha value is -0.840. The highest BCUT2D eigenvalue weighted by Gasteiger charge is 2.14. The molecule has 0 amide bonds. The lowest BCUT2D eigenvalue weighted by Crippen LogP contribution is -2.21. The Labute approximate surface area is 147 Å². The van der Waals surface area contributed by atoms with E-state index in [9.17, 15) is 4.79 Å². The maximum absolute atomic E-state index is 10.3. The van der Waals surface area contributed by atoms with Gasteiger partial charge in [0.2, 0.25) is 0 Å². The first kappa shape index (κ1) is 27.0. The fourth-order valence-corrected chi connectivity index (χ4v) is 2.52. The van der Waals surface area contributed by atoms with E-state index in [2.05, 4.69) is 13.5 Å². The van der Waals surface area contributed by atoms with E-state index >= 15 is 0 Å². The van der Waals surface area contributed by atoms with Gasteiger partial charge in [-0.15, -0.1) is 11.8 Å². The van der Waals surface area contributed by atoms with Gasteiger partial charge >= 0.3 is 0 Å². The van der Waals surface area contributed by atoms with E-state index < -0.39 is 0 Å². The standard InChI is InChI=1S/C15H24O3S.2C2H6/c1-11(2)8-15(9-12(3)10-17)19-14(5)13(4)18-7-6-16;2*1-2/h6,8-9,13-14,17H,1,7,10H2,2-5H3;2*1-2H3/b12-9-,15-8+;;/t13-,14+;;/m1../s1. The molecule has 4 heteroatoms. The highest BCUT2D eigenvalue weighted by Crippen LogP contribution is 2.28. The van der Waals surface area contributed by atoms with E-state index in [0.29, 0.717) is 0 Å². The van der Waals surface area contributed by atoms with E-state index in [1.165, 1.54) is 0 Å². The van der Waals surface area contributed by atoms with Crippen molar-refractivity contribution in [3.8, 4) is 0 Å². The quantitative estimate of drug-likeness (QED) is 0.463. The minimum Gasteiger partial charge on any atom is -0.392 e. The second-order valence-corrected chi connectivity index (χ2v) is 6.02. The first-order valence-electron chi connectivity index (χ1n) is 8.27. The van der Waals surface area contributed by atoms with Crippen LogP contribution in [0.25, 0.3) is 0 Å². The van der Waals surface area contributed by atoms with Crippen molar-refractivity contribution >= 4 is 18.0 Å². The first-order valence-corrected chi connectivity index (χ1v) is 9.15. The largest absolute Gasteiger partial charge is 0.392 e. The smallest absolute Gasteiger partial charge is 0.145 e. The summed E-state index contributed by atoms with van der Waals surface area (Å²) in [6.45, 7) is 19.8. The number of rotatable bonds is 9. The van der Waals surface area contributed by atoms with Gasteiger partial charge in [0.25, 0.3) is 0 Å². The predicted octanol–water partition coefficient (Wildman–Crippen LogP) is 5.16. The van der Waals surface area contributed by atoms with Crippen molar-refractivity contribution in [1.29, 1.82) is 0 Å². The van der Waals surface area contributed by atoms with Gasteiger partial charge in [0.15, 0.2) is 0 Å². The third-order valence-electron chi connectivity index (χ3n) is 2.44. The van der Waals surface area contributed by atoms with Crippen LogP contribution < -0.4 is 0 Å². The Kier molecular flexibility index (Phi) is 22.6. The van der Waals surface area contributed by atoms with Crippen molar-refractivity contribution in [2.24, 2.45) is 0 Å². The van der Waals surface area contributed by atoms with Crippen LogP contribution in [0.5, 0.6) is 0 Å². The summed E-state index contributed by atoms with van der Waals surface area (Å²) in [5.41, 5.74) is 1.85. The van der Waals surface area contributed by atoms with Crippen molar-refractivity contribution < 1.29 is 14.6 Å². The summed E-state index contributed by atoms with van der Waals surface area (Å²) in [4.78, 5) is 11.3. The Morgan fingerprint density at radius 1 is 1.17 bits per heavy atom. The number of aldehydes is 1. The lowest BCUT2D eigenvalue weighted by Gasteiger charge is -2.19. The van der Waals surface area contributed by atoms with Gasteiger partial charge in [-0.1, -0.05) is 46.8 Å². The summed E-state index contributed by atoms with van der Waals surface area (Å²) in [6.07, 6.45) is 4.66. The van der Waals surface area contributed by atoms with Gasteiger partial charge in [0, 0.05) is 10.2 Å². The van der Waals surface area contributed by atoms with Gasteiger partial charge < -0.3 is 14.6 Å². The Balaban J connectivity index is -0.000000919. The molecule has 1 N–H and O–H groups in total. The minimum atomic E-state index is -0.0217. The van der Waals surface area contributed by atoms with Gasteiger partial charge in [0.05, 0.1) is 12.7 Å². The van der Waals surface area contributed by atoms with Crippen LogP contribution in [0.15, 0.2) is 34.8 Å². The van der Waals surface area contributed by atoms with Gasteiger partial charge in [-0.2, -0.15) is 0 Å². The normalized spacial score (nSPS) is 13.8. The molecule has 0 aromatic carbocycles. The van der Waals surface area contributed by atoms with Crippen LogP contribution in [0.1, 0.15) is 55.4 Å². The minimum absolute atomic E-state index is 0.0217. The molecule has 23 heavy (non-hydrogen) atoms. The lowest BCUT2D eigenvalue weighted by molar-refractivity contribution is -0.113. The number of thioether (sulfide) groups is 1. The third kappa shape index (κ3) is 17.3. The van der Waals surface area contributed by atoms with Crippen LogP contribution in [0, 0.1) is 0 Å². The summed E-state index contributed by atoms with van der Waals surface area (Å²) >= 11 is 1.65. The van der Waals surface area contributed by atoms with Crippen LogP contribution in [-0.2, 0) is 9.53 Å². The average Bonchev–Trinajstić information content (AvgIpc) is 2.55. The van der Waals surface area contributed by atoms with E-state index in [1.54, 1.807) is 11.8 Å². The molecule has 0 aliphatic rings. The molecule has 2 atom stereocenters. The van der Waals surface area contributed by atoms with E-state index in [-0.39, 0.29) is 24.6 Å². The second-order valence-electron chi connectivity index (χ2n) is 4.57. The zero-order chi connectivity index (χ0) is 18.8. The number of carbonyl (C=O) groups is 1. The van der Waals surface area contributed by atoms with E-state index in [4.69, 9.17) is 9.84 Å². The molecule has 0 saturated heterocycles. The molecule has 0 aromatic rings. The van der Waals surface area contributed by atoms with Crippen LogP contribution in [0.2, 0.25) is 0 Å². The van der Waals surface area contributed by atoms with Crippen LogP contribution in [-0.4, -0.2) is 36.0 Å². The van der Waals surface area contributed by atoms with Crippen LogP contribution in [0.4, 0.5) is 0 Å². The molecule has 0 bridgehead atoms. The van der Waals surface area contributed by atoms with Gasteiger partial charge in [0.1, 0.15) is 12.9 Å². The summed E-state index contributed by atoms with van der Waals surface area (Å²) in [7, 11) is 0. The SMILES string of the molecule is C=C(C)/C=C(\C=C(\C)CO)S[C@@H](C)[C@@H](C)OCC=O.CC.CC. The maximum Gasteiger partial charge on any atom is 0.145 e. The number of ether oxygens (including phenoxy) is 1. The molecule has 0 radical (unpaired) electrons. The lowest BCUT2D eigenvalue weighted by atomic mass is 10.2. The summed E-state index contributed by atoms with van der Waals surface area (Å²) in [5, 5.41) is 9.29. The van der Waals surface area contributed by atoms with Crippen molar-refractivity contribution in [3.63, 3.8) is 0 Å². The Morgan fingerprint density at radius 3 is 2.09 bits per heavy atom. The fraction of sp³-hybridized carbons (Fsp3) is 0.632. The van der Waals surface area contributed by atoms with E-state index in [1.807, 2.05) is 60.6 Å². The van der Waals surface area contributed by atoms with Crippen molar-refractivity contribution in [2.45, 2.75) is 66.7 Å². The second kappa shape index (κ2) is 19.2. The molecule has 0 saturated carbocycles. The number of aliphatic hydroxyl groups excluding tert-OH is 1. The van der Waals surface area contributed by atoms with Crippen molar-refractivity contribution in [2.75, 3.05) is 13.2 Å². The number of aliphatic hydroxyl groups is 1. The molecule has 0 rings (SSSR count). The monoisotopic (exact) mass is 344 g/mol. The fourth-order valence-electron chi connectivity index (χ4n) is 1.28. The third-order valence-corrected chi connectivity index (χ3v) is 3.70. The molecular formula is C19H36O3S. The molecule has 0 aliphatic heterocycles. The number of carbonyl (C=O) groups excluding carboxylic acids is 1. The van der Waals surface area contributed by atoms with Gasteiger partial charge in [-0.3, -0.25) is 0 Å². The molecule has 0 spiro atoms. The zero-order valence-electron chi connectivity index (χ0n) is 16.2. The molecule has 0 aliphatic carbocycles. The molecule has 3 nitrogen and oxygen atoms in total. The molecule has 0 heterocycles. The highest BCUT2D eigenvalue weighted by atomic mass is 32.2. The summed E-state index contributed by atoms with van der Waals surface area (Å²) < 4.78 is 5.38. The van der Waals surface area contributed by atoms with Crippen molar-refractivity contribution in [3.05, 3.63) is 34.8 Å². The maximum atomic E-state index is 10.3. The molecule has 136 valence electrons. The summed E-state index contributed by atoms with van der Waals surface area (Å²) in [6, 6.07) is 0. The van der Waals surface area contributed by atoms with Gasteiger partial charge in [-0.05, 0) is 38.5 Å². The molecule has 0 fully saturated rings. The number of allylic oxidation sites excluding steroid dienone is 3. The van der Waals surface area contributed by atoms with Gasteiger partial charge in [-0.25, -0.2) is 0 Å². The van der Waals surface area contributed by atoms with Crippen LogP contribution in [0.3, 0.4) is 0 Å². The Bertz CT molecular complexity index is 360.